The molecule has 0 aromatic rings. The summed E-state index contributed by atoms with van der Waals surface area (Å²) in [7, 11) is 0. The topological polar surface area (TPSA) is 31.5 Å². The van der Waals surface area contributed by atoms with Gasteiger partial charge in [-0.3, -0.25) is 0 Å². The summed E-state index contributed by atoms with van der Waals surface area (Å²) in [6, 6.07) is 0. The van der Waals surface area contributed by atoms with E-state index in [9.17, 15) is 0 Å². The zero-order valence-electron chi connectivity index (χ0n) is 1.23. The van der Waals surface area contributed by atoms with Crippen molar-refractivity contribution in [3.63, 3.8) is 0 Å². The van der Waals surface area contributed by atoms with E-state index < -0.39 is 0 Å². The Morgan fingerprint density at radius 3 is 1.00 bits per heavy atom. The van der Waals surface area contributed by atoms with Gasteiger partial charge in [-0.25, -0.2) is 0 Å². The fourth-order valence-corrected chi connectivity index (χ4v) is 0. The average molecular weight is 159 g/mol. The van der Waals surface area contributed by atoms with Crippen molar-refractivity contribution in [1.82, 2.24) is 0 Å². The molecule has 0 fully saturated rings. The van der Waals surface area contributed by atoms with Crippen LogP contribution in [0.3, 0.4) is 0 Å². The average Bonchev–Trinajstić information content (AvgIpc) is 0. The summed E-state index contributed by atoms with van der Waals surface area (Å²) >= 11 is 0. The Bertz CT molecular complexity index is 8.00. The molecule has 29 valence electrons. The van der Waals surface area contributed by atoms with Gasteiger partial charge in [-0.1, -0.05) is 0 Å². The maximum absolute atomic E-state index is 0. The van der Waals surface area contributed by atoms with Crippen LogP contribution >= 0.6 is 0 Å². The van der Waals surface area contributed by atoms with Crippen LogP contribution < -0.4 is 0 Å². The molecule has 0 saturated carbocycles. The largest absolute Gasteiger partial charge is 0.412 e. The zero-order chi connectivity index (χ0) is 0. The Morgan fingerprint density at radius 2 is 1.00 bits per heavy atom. The Kier molecular flexibility index (Phi) is 292. The van der Waals surface area contributed by atoms with Gasteiger partial charge in [-0.15, -0.1) is 0 Å². The van der Waals surface area contributed by atoms with Gasteiger partial charge >= 0.3 is 0 Å². The van der Waals surface area contributed by atoms with Crippen molar-refractivity contribution in [1.29, 1.82) is 0 Å². The van der Waals surface area contributed by atoms with Crippen LogP contribution in [0.4, 0.5) is 0 Å². The van der Waals surface area contributed by atoms with Crippen molar-refractivity contribution < 1.29 is 39.6 Å². The van der Waals surface area contributed by atoms with Crippen LogP contribution in [0.2, 0.25) is 0 Å². The van der Waals surface area contributed by atoms with Gasteiger partial charge in [-0.05, 0) is 0 Å². The molecule has 1 nitrogen and oxygen atoms in total. The van der Waals surface area contributed by atoms with E-state index in [2.05, 4.69) is 0 Å². The van der Waals surface area contributed by atoms with Gasteiger partial charge in [0.2, 0.25) is 0 Å². The van der Waals surface area contributed by atoms with Gasteiger partial charge in [0, 0.05) is 34.1 Å². The summed E-state index contributed by atoms with van der Waals surface area (Å²) in [5.74, 6) is 0. The molecule has 2 N–H and O–H groups in total. The molecule has 0 aliphatic heterocycles. The van der Waals surface area contributed by atoms with E-state index in [1.54, 1.807) is 0 Å². The standard InChI is InChI=1S/Al.Fe.Mn.H2O.3H/h;;;1H2;;;. The first kappa shape index (κ1) is 48.4. The molecule has 4 heteroatoms. The summed E-state index contributed by atoms with van der Waals surface area (Å²) < 4.78 is 0. The van der Waals surface area contributed by atoms with Crippen LogP contribution in [-0.4, -0.2) is 22.8 Å². The van der Waals surface area contributed by atoms with E-state index in [4.69, 9.17) is 0 Å². The van der Waals surface area contributed by atoms with Gasteiger partial charge in [0.1, 0.15) is 0 Å². The second kappa shape index (κ2) is 24.1. The normalized spacial score (nSPS) is 0. The molecule has 0 aliphatic rings. The van der Waals surface area contributed by atoms with Gasteiger partial charge < -0.3 is 5.48 Å². The first-order chi connectivity index (χ1) is 0. The second-order valence-corrected chi connectivity index (χ2v) is 0. The molecule has 1 radical (unpaired) electrons. The summed E-state index contributed by atoms with van der Waals surface area (Å²) in [6.45, 7) is 0. The SMILES string of the molecule is O.[AlH3].[Fe].[Mn]. The Balaban J connectivity index is 0. The van der Waals surface area contributed by atoms with Gasteiger partial charge in [0.05, 0.1) is 0 Å². The van der Waals surface area contributed by atoms with Crippen LogP contribution in [-0.2, 0) is 34.1 Å². The molecule has 0 aromatic heterocycles. The minimum absolute atomic E-state index is 0. The van der Waals surface area contributed by atoms with E-state index in [1.165, 1.54) is 0 Å². The van der Waals surface area contributed by atoms with E-state index in [-0.39, 0.29) is 57.0 Å². The van der Waals surface area contributed by atoms with Crippen molar-refractivity contribution in [2.75, 3.05) is 0 Å². The quantitative estimate of drug-likeness (QED) is 0.365. The van der Waals surface area contributed by atoms with E-state index in [1.807, 2.05) is 0 Å². The molecule has 0 unspecified atom stereocenters. The third-order valence-corrected chi connectivity index (χ3v) is 0. The molecule has 0 heterocycles. The van der Waals surface area contributed by atoms with Crippen molar-refractivity contribution >= 4 is 17.4 Å². The molecule has 0 bridgehead atoms. The Labute approximate surface area is 56.9 Å². The molecule has 4 heavy (non-hydrogen) atoms. The molecular formula is H5AlFeMnO. The molecule has 0 atom stereocenters. The second-order valence-electron chi connectivity index (χ2n) is 0. The van der Waals surface area contributed by atoms with Crippen molar-refractivity contribution in [3.05, 3.63) is 0 Å². The van der Waals surface area contributed by atoms with E-state index >= 15 is 0 Å². The molecule has 0 amide bonds. The first-order valence-corrected chi connectivity index (χ1v) is 0. The maximum atomic E-state index is 0. The minimum atomic E-state index is 0. The molecule has 0 aliphatic carbocycles. The number of hydrogen-bond donors (Lipinski definition) is 0. The van der Waals surface area contributed by atoms with Crippen LogP contribution in [0.1, 0.15) is 0 Å². The van der Waals surface area contributed by atoms with Gasteiger partial charge in [0.15, 0.2) is 17.4 Å². The van der Waals surface area contributed by atoms with E-state index in [0.717, 1.165) is 0 Å². The third-order valence-electron chi connectivity index (χ3n) is 0. The summed E-state index contributed by atoms with van der Waals surface area (Å²) in [6.07, 6.45) is 0. The summed E-state index contributed by atoms with van der Waals surface area (Å²) in [5.41, 5.74) is 0. The monoisotopic (exact) mass is 159 g/mol. The van der Waals surface area contributed by atoms with Crippen LogP contribution in [0.15, 0.2) is 0 Å². The molecule has 0 saturated heterocycles. The molecule has 0 rings (SSSR count). The van der Waals surface area contributed by atoms with Crippen LogP contribution in [0, 0.1) is 0 Å². The fraction of sp³-hybridized carbons (Fsp3) is 0. The van der Waals surface area contributed by atoms with Crippen LogP contribution in [0.25, 0.3) is 0 Å². The fourth-order valence-electron chi connectivity index (χ4n) is 0. The van der Waals surface area contributed by atoms with Gasteiger partial charge in [0.25, 0.3) is 0 Å². The third kappa shape index (κ3) is 9.65. The Morgan fingerprint density at radius 1 is 1.00 bits per heavy atom. The summed E-state index contributed by atoms with van der Waals surface area (Å²) in [5, 5.41) is 0. The zero-order valence-corrected chi connectivity index (χ0v) is 3.52. The smallest absolute Gasteiger partial charge is 0.187 e. The van der Waals surface area contributed by atoms with Gasteiger partial charge in [-0.2, -0.15) is 0 Å². The predicted octanol–water partition coefficient (Wildman–Crippen LogP) is -2.01. The van der Waals surface area contributed by atoms with Crippen LogP contribution in [0.5, 0.6) is 0 Å². The van der Waals surface area contributed by atoms with E-state index in [0.29, 0.717) is 0 Å². The molecule has 0 aromatic carbocycles. The Hall–Kier alpha value is 1.53. The van der Waals surface area contributed by atoms with Crippen molar-refractivity contribution in [2.45, 2.75) is 0 Å². The number of rotatable bonds is 0. The molecular weight excluding hydrogens is 154 g/mol. The summed E-state index contributed by atoms with van der Waals surface area (Å²) in [4.78, 5) is 0. The minimum Gasteiger partial charge on any atom is -0.412 e. The maximum Gasteiger partial charge on any atom is 0.187 e. The van der Waals surface area contributed by atoms with Crippen molar-refractivity contribution in [2.24, 2.45) is 0 Å². The molecule has 0 spiro atoms. The predicted molar refractivity (Wildman–Crippen MR) is 13.6 cm³/mol. The van der Waals surface area contributed by atoms with Crippen molar-refractivity contribution in [3.8, 4) is 0 Å². The number of hydrogen-bond acceptors (Lipinski definition) is 0. The first-order valence-electron chi connectivity index (χ1n) is 0.